The van der Waals surface area contributed by atoms with Crippen LogP contribution in [0.5, 0.6) is 0 Å². The van der Waals surface area contributed by atoms with Crippen molar-refractivity contribution in [3.05, 3.63) is 107 Å². The first-order chi connectivity index (χ1) is 13.6. The Morgan fingerprint density at radius 1 is 0.964 bits per heavy atom. The smallest absolute Gasteiger partial charge is 0.218 e. The van der Waals surface area contributed by atoms with Gasteiger partial charge in [-0.25, -0.2) is 0 Å². The largest absolute Gasteiger partial charge is 0.370 e. The summed E-state index contributed by atoms with van der Waals surface area (Å²) in [6.07, 6.45) is 2.38. The van der Waals surface area contributed by atoms with E-state index in [1.54, 1.807) is 0 Å². The number of fused-ring (bicyclic) bond motifs is 1. The molecule has 1 aromatic heterocycles. The lowest BCUT2D eigenvalue weighted by molar-refractivity contribution is -0.118. The van der Waals surface area contributed by atoms with Crippen molar-refractivity contribution in [3.63, 3.8) is 0 Å². The van der Waals surface area contributed by atoms with Crippen molar-refractivity contribution >= 4 is 28.4 Å². The number of rotatable bonds is 6. The van der Waals surface area contributed by atoms with Gasteiger partial charge in [0.2, 0.25) is 5.91 Å². The van der Waals surface area contributed by atoms with Crippen molar-refractivity contribution in [3.8, 4) is 0 Å². The molecule has 3 nitrogen and oxygen atoms in total. The van der Waals surface area contributed by atoms with Crippen LogP contribution in [-0.2, 0) is 11.3 Å². The quantitative estimate of drug-likeness (QED) is 0.475. The van der Waals surface area contributed by atoms with Crippen LogP contribution in [0.2, 0.25) is 5.02 Å². The summed E-state index contributed by atoms with van der Waals surface area (Å²) in [6.45, 7) is 0.764. The predicted octanol–water partition coefficient (Wildman–Crippen LogP) is 5.35. The summed E-state index contributed by atoms with van der Waals surface area (Å²) in [5.74, 6) is -0.469. The van der Waals surface area contributed by atoms with E-state index in [-0.39, 0.29) is 18.2 Å². The molecule has 1 amide bonds. The molecule has 3 aromatic carbocycles. The molecule has 4 heteroatoms. The second-order valence-electron chi connectivity index (χ2n) is 6.99. The van der Waals surface area contributed by atoms with E-state index in [4.69, 9.17) is 17.3 Å². The molecule has 0 saturated carbocycles. The zero-order chi connectivity index (χ0) is 19.5. The molecule has 1 atom stereocenters. The molecule has 0 aliphatic carbocycles. The molecule has 0 spiro atoms. The molecule has 0 bridgehead atoms. The van der Waals surface area contributed by atoms with Gasteiger partial charge in [-0.1, -0.05) is 72.3 Å². The molecule has 0 radical (unpaired) electrons. The molecule has 4 rings (SSSR count). The highest BCUT2D eigenvalue weighted by Crippen LogP contribution is 2.35. The van der Waals surface area contributed by atoms with Gasteiger partial charge in [-0.2, -0.15) is 0 Å². The number of aromatic nitrogens is 1. The Labute approximate surface area is 169 Å². The van der Waals surface area contributed by atoms with Crippen LogP contribution in [-0.4, -0.2) is 10.5 Å². The van der Waals surface area contributed by atoms with Crippen molar-refractivity contribution < 1.29 is 4.79 Å². The highest BCUT2D eigenvalue weighted by molar-refractivity contribution is 6.30. The van der Waals surface area contributed by atoms with E-state index in [2.05, 4.69) is 35.0 Å². The van der Waals surface area contributed by atoms with Gasteiger partial charge in [-0.15, -0.1) is 0 Å². The lowest BCUT2D eigenvalue weighted by Gasteiger charge is -2.16. The minimum Gasteiger partial charge on any atom is -0.370 e. The average Bonchev–Trinajstić information content (AvgIpc) is 3.05. The summed E-state index contributed by atoms with van der Waals surface area (Å²) in [5.41, 5.74) is 10.0. The fraction of sp³-hybridized carbons (Fsp3) is 0.125. The highest BCUT2D eigenvalue weighted by Gasteiger charge is 2.22. The van der Waals surface area contributed by atoms with Crippen molar-refractivity contribution in [2.24, 2.45) is 5.73 Å². The van der Waals surface area contributed by atoms with Crippen LogP contribution in [0.15, 0.2) is 85.1 Å². The number of para-hydroxylation sites is 1. The summed E-state index contributed by atoms with van der Waals surface area (Å²) < 4.78 is 2.23. The number of halogens is 1. The van der Waals surface area contributed by atoms with Gasteiger partial charge in [-0.3, -0.25) is 4.79 Å². The summed E-state index contributed by atoms with van der Waals surface area (Å²) in [4.78, 5) is 11.9. The monoisotopic (exact) mass is 388 g/mol. The average molecular weight is 389 g/mol. The second-order valence-corrected chi connectivity index (χ2v) is 7.43. The summed E-state index contributed by atoms with van der Waals surface area (Å²) >= 11 is 6.22. The van der Waals surface area contributed by atoms with E-state index in [0.717, 1.165) is 28.6 Å². The van der Waals surface area contributed by atoms with Gasteiger partial charge >= 0.3 is 0 Å². The molecule has 1 heterocycles. The van der Waals surface area contributed by atoms with Gasteiger partial charge in [0.1, 0.15) is 0 Å². The van der Waals surface area contributed by atoms with Crippen LogP contribution < -0.4 is 5.73 Å². The molecule has 2 N–H and O–H groups in total. The first kappa shape index (κ1) is 18.3. The molecule has 28 heavy (non-hydrogen) atoms. The number of nitrogens with two attached hydrogens (primary N) is 1. The second kappa shape index (κ2) is 7.91. The first-order valence-corrected chi connectivity index (χ1v) is 9.65. The van der Waals surface area contributed by atoms with Crippen molar-refractivity contribution in [2.45, 2.75) is 18.9 Å². The molecule has 0 aliphatic heterocycles. The van der Waals surface area contributed by atoms with Crippen molar-refractivity contribution in [1.29, 1.82) is 0 Å². The molecule has 0 aliphatic rings. The Morgan fingerprint density at radius 3 is 2.46 bits per heavy atom. The molecule has 0 fully saturated rings. The minimum atomic E-state index is -0.329. The number of benzene rings is 3. The number of nitrogens with zero attached hydrogens (tertiary/aromatic N) is 1. The topological polar surface area (TPSA) is 48.0 Å². The Bertz CT molecular complexity index is 1120. The third kappa shape index (κ3) is 3.80. The van der Waals surface area contributed by atoms with Crippen LogP contribution in [0.4, 0.5) is 0 Å². The number of amides is 1. The SMILES string of the molecule is NC(=O)C[C@@H](c1cccc(Cl)c1)c1cn(Cc2ccccc2)c2ccccc12. The van der Waals surface area contributed by atoms with Crippen molar-refractivity contribution in [1.82, 2.24) is 4.57 Å². The minimum absolute atomic E-state index is 0.141. The maximum Gasteiger partial charge on any atom is 0.218 e. The molecule has 0 saturated heterocycles. The zero-order valence-corrected chi connectivity index (χ0v) is 16.1. The summed E-state index contributed by atoms with van der Waals surface area (Å²) in [7, 11) is 0. The van der Waals surface area contributed by atoms with Gasteiger partial charge < -0.3 is 10.3 Å². The standard InChI is InChI=1S/C24H21ClN2O/c25-19-10-6-9-18(13-19)21(14-24(26)28)22-16-27(15-17-7-2-1-3-8-17)23-12-5-4-11-20(22)23/h1-13,16,21H,14-15H2,(H2,26,28)/t21-/m0/s1. The molecular formula is C24H21ClN2O. The Hall–Kier alpha value is -3.04. The number of primary amides is 1. The van der Waals surface area contributed by atoms with E-state index < -0.39 is 0 Å². The summed E-state index contributed by atoms with van der Waals surface area (Å²) in [6, 6.07) is 26.3. The maximum atomic E-state index is 11.9. The first-order valence-electron chi connectivity index (χ1n) is 9.27. The number of carbonyl (C=O) groups is 1. The molecular weight excluding hydrogens is 368 g/mol. The van der Waals surface area contributed by atoms with Crippen molar-refractivity contribution in [2.75, 3.05) is 0 Å². The normalized spacial score (nSPS) is 12.2. The number of hydrogen-bond acceptors (Lipinski definition) is 1. The van der Waals surface area contributed by atoms with E-state index in [1.165, 1.54) is 5.56 Å². The fourth-order valence-electron chi connectivity index (χ4n) is 3.80. The molecule has 140 valence electrons. The van der Waals surface area contributed by atoms with Gasteiger partial charge in [-0.05, 0) is 34.9 Å². The zero-order valence-electron chi connectivity index (χ0n) is 15.4. The lowest BCUT2D eigenvalue weighted by Crippen LogP contribution is -2.16. The Morgan fingerprint density at radius 2 is 1.71 bits per heavy atom. The van der Waals surface area contributed by atoms with Gasteiger partial charge in [0.05, 0.1) is 0 Å². The van der Waals surface area contributed by atoms with E-state index in [1.807, 2.05) is 54.6 Å². The molecule has 4 aromatic rings. The predicted molar refractivity (Wildman–Crippen MR) is 115 cm³/mol. The van der Waals surface area contributed by atoms with E-state index in [0.29, 0.717) is 5.02 Å². The highest BCUT2D eigenvalue weighted by atomic mass is 35.5. The van der Waals surface area contributed by atoms with Crippen LogP contribution in [0.3, 0.4) is 0 Å². The maximum absolute atomic E-state index is 11.9. The van der Waals surface area contributed by atoms with Crippen LogP contribution in [0.25, 0.3) is 10.9 Å². The number of hydrogen-bond donors (Lipinski definition) is 1. The molecule has 0 unspecified atom stereocenters. The van der Waals surface area contributed by atoms with E-state index in [9.17, 15) is 4.79 Å². The Balaban J connectivity index is 1.84. The Kier molecular flexibility index (Phi) is 5.18. The number of carbonyl (C=O) groups excluding carboxylic acids is 1. The van der Waals surface area contributed by atoms with Gasteiger partial charge in [0, 0.05) is 41.0 Å². The fourth-order valence-corrected chi connectivity index (χ4v) is 3.99. The van der Waals surface area contributed by atoms with E-state index >= 15 is 0 Å². The lowest BCUT2D eigenvalue weighted by atomic mass is 9.88. The van der Waals surface area contributed by atoms with Gasteiger partial charge in [0.15, 0.2) is 0 Å². The van der Waals surface area contributed by atoms with Crippen LogP contribution in [0.1, 0.15) is 29.0 Å². The third-order valence-corrected chi connectivity index (χ3v) is 5.28. The summed E-state index contributed by atoms with van der Waals surface area (Å²) in [5, 5.41) is 1.78. The van der Waals surface area contributed by atoms with Crippen LogP contribution in [0, 0.1) is 0 Å². The van der Waals surface area contributed by atoms with Gasteiger partial charge in [0.25, 0.3) is 0 Å². The third-order valence-electron chi connectivity index (χ3n) is 5.05. The van der Waals surface area contributed by atoms with Crippen LogP contribution >= 0.6 is 11.6 Å².